The standard InChI is InChI=1S/C10H14Br2O2/c11-7-3-1-5-9(13)8(12)4-2-6-10(7)14/h3-4,9-10,13-14H,1-2,5-6H2/b7-3-,8-4-/t9-,10-/m0/s1. The molecule has 0 unspecified atom stereocenters. The summed E-state index contributed by atoms with van der Waals surface area (Å²) in [6, 6.07) is 0. The lowest BCUT2D eigenvalue weighted by atomic mass is 10.1. The molecule has 0 aromatic heterocycles. The molecule has 0 aromatic rings. The third-order valence-electron chi connectivity index (χ3n) is 2.20. The second kappa shape index (κ2) is 6.05. The number of aliphatic hydroxyl groups is 2. The Balaban J connectivity index is 2.65. The molecule has 4 heteroatoms. The van der Waals surface area contributed by atoms with Crippen molar-refractivity contribution in [2.75, 3.05) is 0 Å². The minimum absolute atomic E-state index is 0.415. The molecule has 0 heterocycles. The molecule has 0 radical (unpaired) electrons. The smallest absolute Gasteiger partial charge is 0.0854 e. The summed E-state index contributed by atoms with van der Waals surface area (Å²) < 4.78 is 1.66. The molecule has 80 valence electrons. The average molecular weight is 326 g/mol. The number of allylic oxidation sites excluding steroid dienone is 2. The van der Waals surface area contributed by atoms with Gasteiger partial charge in [0, 0.05) is 8.96 Å². The second-order valence-corrected chi connectivity index (χ2v) is 5.20. The lowest BCUT2D eigenvalue weighted by molar-refractivity contribution is 0.201. The van der Waals surface area contributed by atoms with Crippen LogP contribution in [0.15, 0.2) is 21.1 Å². The van der Waals surface area contributed by atoms with Gasteiger partial charge in [0.2, 0.25) is 0 Å². The molecule has 0 saturated heterocycles. The minimum atomic E-state index is -0.415. The molecule has 14 heavy (non-hydrogen) atoms. The van der Waals surface area contributed by atoms with Crippen LogP contribution >= 0.6 is 31.9 Å². The van der Waals surface area contributed by atoms with Crippen LogP contribution in [0, 0.1) is 0 Å². The molecule has 0 spiro atoms. The first-order valence-electron chi connectivity index (χ1n) is 4.68. The van der Waals surface area contributed by atoms with E-state index in [-0.39, 0.29) is 0 Å². The van der Waals surface area contributed by atoms with Crippen molar-refractivity contribution in [1.29, 1.82) is 0 Å². The number of aliphatic hydroxyl groups excluding tert-OH is 2. The fraction of sp³-hybridized carbons (Fsp3) is 0.600. The van der Waals surface area contributed by atoms with Crippen LogP contribution in [0.1, 0.15) is 25.7 Å². The highest BCUT2D eigenvalue weighted by Gasteiger charge is 2.12. The number of rotatable bonds is 0. The van der Waals surface area contributed by atoms with Crippen LogP contribution in [0.25, 0.3) is 0 Å². The van der Waals surface area contributed by atoms with Crippen molar-refractivity contribution < 1.29 is 10.2 Å². The molecule has 1 rings (SSSR count). The fourth-order valence-corrected chi connectivity index (χ4v) is 2.22. The Labute approximate surface area is 101 Å². The van der Waals surface area contributed by atoms with E-state index in [9.17, 15) is 10.2 Å². The highest BCUT2D eigenvalue weighted by Crippen LogP contribution is 2.23. The van der Waals surface area contributed by atoms with Crippen LogP contribution in [-0.4, -0.2) is 22.4 Å². The third-order valence-corrected chi connectivity index (χ3v) is 3.90. The van der Waals surface area contributed by atoms with Crippen molar-refractivity contribution in [3.05, 3.63) is 21.1 Å². The maximum Gasteiger partial charge on any atom is 0.0854 e. The molecule has 0 fully saturated rings. The van der Waals surface area contributed by atoms with E-state index in [1.807, 2.05) is 12.2 Å². The third kappa shape index (κ3) is 3.85. The molecule has 2 atom stereocenters. The molecule has 2 nitrogen and oxygen atoms in total. The van der Waals surface area contributed by atoms with Gasteiger partial charge >= 0.3 is 0 Å². The Morgan fingerprint density at radius 2 is 1.29 bits per heavy atom. The molecule has 2 N–H and O–H groups in total. The van der Waals surface area contributed by atoms with Crippen molar-refractivity contribution in [2.24, 2.45) is 0 Å². The summed E-state index contributed by atoms with van der Waals surface area (Å²) in [5.41, 5.74) is 0. The van der Waals surface area contributed by atoms with Crippen LogP contribution < -0.4 is 0 Å². The molecule has 1 aliphatic carbocycles. The van der Waals surface area contributed by atoms with Gasteiger partial charge in [-0.15, -0.1) is 0 Å². The highest BCUT2D eigenvalue weighted by atomic mass is 79.9. The van der Waals surface area contributed by atoms with Crippen molar-refractivity contribution in [3.8, 4) is 0 Å². The van der Waals surface area contributed by atoms with Gasteiger partial charge in [-0.25, -0.2) is 0 Å². The average Bonchev–Trinajstić information content (AvgIpc) is 2.15. The molecule has 0 saturated carbocycles. The monoisotopic (exact) mass is 324 g/mol. The van der Waals surface area contributed by atoms with E-state index >= 15 is 0 Å². The largest absolute Gasteiger partial charge is 0.388 e. The zero-order chi connectivity index (χ0) is 10.6. The molecule has 0 aromatic carbocycles. The van der Waals surface area contributed by atoms with Crippen LogP contribution in [0.5, 0.6) is 0 Å². The van der Waals surface area contributed by atoms with E-state index in [1.165, 1.54) is 0 Å². The summed E-state index contributed by atoms with van der Waals surface area (Å²) in [7, 11) is 0. The quantitative estimate of drug-likeness (QED) is 0.719. The Hall–Kier alpha value is 0.360. The first-order chi connectivity index (χ1) is 6.61. The van der Waals surface area contributed by atoms with E-state index in [0.29, 0.717) is 12.8 Å². The maximum absolute atomic E-state index is 9.63. The van der Waals surface area contributed by atoms with E-state index in [4.69, 9.17) is 0 Å². The maximum atomic E-state index is 9.63. The Morgan fingerprint density at radius 3 is 1.64 bits per heavy atom. The molecule has 1 aliphatic rings. The topological polar surface area (TPSA) is 40.5 Å². The summed E-state index contributed by atoms with van der Waals surface area (Å²) in [5, 5.41) is 19.3. The fourth-order valence-electron chi connectivity index (χ4n) is 1.31. The van der Waals surface area contributed by atoms with Gasteiger partial charge in [0.15, 0.2) is 0 Å². The normalized spacial score (nSPS) is 38.0. The Morgan fingerprint density at radius 1 is 0.929 bits per heavy atom. The summed E-state index contributed by atoms with van der Waals surface area (Å²) in [4.78, 5) is 0. The Kier molecular flexibility index (Phi) is 5.38. The molecular formula is C10H14Br2O2. The molecular weight excluding hydrogens is 312 g/mol. The van der Waals surface area contributed by atoms with Gasteiger partial charge in [0.05, 0.1) is 12.2 Å². The van der Waals surface area contributed by atoms with Gasteiger partial charge in [-0.05, 0) is 25.7 Å². The lowest BCUT2D eigenvalue weighted by Gasteiger charge is -2.13. The lowest BCUT2D eigenvalue weighted by Crippen LogP contribution is -2.10. The van der Waals surface area contributed by atoms with Crippen molar-refractivity contribution >= 4 is 31.9 Å². The number of halogens is 2. The van der Waals surface area contributed by atoms with Crippen molar-refractivity contribution in [3.63, 3.8) is 0 Å². The zero-order valence-corrected chi connectivity index (χ0v) is 11.0. The Bertz CT molecular complexity index is 223. The summed E-state index contributed by atoms with van der Waals surface area (Å²) in [6.45, 7) is 0. The predicted octanol–water partition coefficient (Wildman–Crippen LogP) is 2.84. The van der Waals surface area contributed by atoms with Crippen molar-refractivity contribution in [2.45, 2.75) is 37.9 Å². The number of hydrogen-bond acceptors (Lipinski definition) is 2. The SMILES string of the molecule is O[C@H]1CC/C=C(\Br)[C@@H](O)CC/C=C/1Br. The van der Waals surface area contributed by atoms with Crippen LogP contribution in [0.4, 0.5) is 0 Å². The van der Waals surface area contributed by atoms with Gasteiger partial charge in [0.25, 0.3) is 0 Å². The van der Waals surface area contributed by atoms with E-state index in [0.717, 1.165) is 21.8 Å². The number of hydrogen-bond donors (Lipinski definition) is 2. The highest BCUT2D eigenvalue weighted by molar-refractivity contribution is 9.12. The minimum Gasteiger partial charge on any atom is -0.388 e. The van der Waals surface area contributed by atoms with Crippen LogP contribution in [0.3, 0.4) is 0 Å². The van der Waals surface area contributed by atoms with Crippen molar-refractivity contribution in [1.82, 2.24) is 0 Å². The second-order valence-electron chi connectivity index (χ2n) is 3.36. The first kappa shape index (κ1) is 12.4. The zero-order valence-electron chi connectivity index (χ0n) is 7.79. The van der Waals surface area contributed by atoms with E-state index < -0.39 is 12.2 Å². The molecule has 0 aliphatic heterocycles. The van der Waals surface area contributed by atoms with Gasteiger partial charge in [-0.3, -0.25) is 0 Å². The molecule has 0 bridgehead atoms. The predicted molar refractivity (Wildman–Crippen MR) is 64.5 cm³/mol. The first-order valence-corrected chi connectivity index (χ1v) is 6.27. The van der Waals surface area contributed by atoms with Crippen LogP contribution in [-0.2, 0) is 0 Å². The van der Waals surface area contributed by atoms with E-state index in [2.05, 4.69) is 31.9 Å². The molecule has 0 amide bonds. The summed E-state index contributed by atoms with van der Waals surface area (Å²) >= 11 is 6.66. The summed E-state index contributed by atoms with van der Waals surface area (Å²) in [5.74, 6) is 0. The van der Waals surface area contributed by atoms with Gasteiger partial charge < -0.3 is 10.2 Å². The van der Waals surface area contributed by atoms with Gasteiger partial charge in [0.1, 0.15) is 0 Å². The van der Waals surface area contributed by atoms with Gasteiger partial charge in [-0.1, -0.05) is 44.0 Å². The van der Waals surface area contributed by atoms with Gasteiger partial charge in [-0.2, -0.15) is 0 Å². The summed E-state index contributed by atoms with van der Waals surface area (Å²) in [6.07, 6.45) is 5.92. The van der Waals surface area contributed by atoms with Crippen LogP contribution in [0.2, 0.25) is 0 Å². The van der Waals surface area contributed by atoms with E-state index in [1.54, 1.807) is 0 Å².